The van der Waals surface area contributed by atoms with Gasteiger partial charge in [0.15, 0.2) is 5.69 Å². The monoisotopic (exact) mass is 339 g/mol. The molecule has 0 saturated carbocycles. The van der Waals surface area contributed by atoms with Crippen LogP contribution in [0.2, 0.25) is 0 Å². The number of aliphatic hydroxyl groups is 1. The van der Waals surface area contributed by atoms with E-state index in [-0.39, 0.29) is 5.01 Å². The maximum atomic E-state index is 12.5. The van der Waals surface area contributed by atoms with E-state index in [0.717, 1.165) is 16.7 Å². The molecule has 0 fully saturated rings. The third-order valence-corrected chi connectivity index (χ3v) is 4.02. The van der Waals surface area contributed by atoms with Gasteiger partial charge in [0.25, 0.3) is 0 Å². The van der Waals surface area contributed by atoms with Crippen LogP contribution in [0.3, 0.4) is 0 Å². The van der Waals surface area contributed by atoms with E-state index in [1.807, 2.05) is 6.92 Å². The van der Waals surface area contributed by atoms with E-state index in [9.17, 15) is 23.1 Å². The standard InChI is InChI=1S/C13H20F3N3O2S/c1-3-8(20)5-6-17-12(21)18-9(4-2)11-19-10(7-22-11)13(14,15)16/h7-9,20H,3-6H2,1-2H3,(H2,17,18,21). The summed E-state index contributed by atoms with van der Waals surface area (Å²) >= 11 is 0.870. The average molecular weight is 339 g/mol. The molecule has 0 saturated heterocycles. The summed E-state index contributed by atoms with van der Waals surface area (Å²) in [7, 11) is 0. The van der Waals surface area contributed by atoms with E-state index in [4.69, 9.17) is 0 Å². The van der Waals surface area contributed by atoms with E-state index >= 15 is 0 Å². The zero-order valence-electron chi connectivity index (χ0n) is 12.4. The van der Waals surface area contributed by atoms with Gasteiger partial charge in [0, 0.05) is 11.9 Å². The number of hydrogen-bond acceptors (Lipinski definition) is 4. The molecule has 0 aromatic carbocycles. The van der Waals surface area contributed by atoms with Gasteiger partial charge in [-0.3, -0.25) is 0 Å². The Labute approximate surface area is 130 Å². The summed E-state index contributed by atoms with van der Waals surface area (Å²) in [4.78, 5) is 15.2. The number of rotatable bonds is 7. The van der Waals surface area contributed by atoms with E-state index < -0.39 is 30.0 Å². The molecule has 9 heteroatoms. The summed E-state index contributed by atoms with van der Waals surface area (Å²) in [5.41, 5.74) is -0.945. The molecule has 5 nitrogen and oxygen atoms in total. The van der Waals surface area contributed by atoms with Gasteiger partial charge in [-0.05, 0) is 19.3 Å². The smallest absolute Gasteiger partial charge is 0.393 e. The second kappa shape index (κ2) is 8.33. The lowest BCUT2D eigenvalue weighted by Crippen LogP contribution is -2.39. The Morgan fingerprint density at radius 1 is 1.41 bits per heavy atom. The molecule has 1 aromatic heterocycles. The number of alkyl halides is 3. The zero-order chi connectivity index (χ0) is 16.8. The minimum absolute atomic E-state index is 0.221. The number of thiazole rings is 1. The Bertz CT molecular complexity index is 479. The van der Waals surface area contributed by atoms with Crippen LogP contribution in [0.5, 0.6) is 0 Å². The highest BCUT2D eigenvalue weighted by molar-refractivity contribution is 7.09. The molecule has 2 amide bonds. The zero-order valence-corrected chi connectivity index (χ0v) is 13.2. The number of carbonyl (C=O) groups excluding carboxylic acids is 1. The maximum absolute atomic E-state index is 12.5. The first-order valence-electron chi connectivity index (χ1n) is 7.02. The van der Waals surface area contributed by atoms with Gasteiger partial charge >= 0.3 is 12.2 Å². The third-order valence-electron chi connectivity index (χ3n) is 3.06. The summed E-state index contributed by atoms with van der Waals surface area (Å²) in [5.74, 6) is 0. The van der Waals surface area contributed by atoms with Crippen molar-refractivity contribution in [2.24, 2.45) is 0 Å². The van der Waals surface area contributed by atoms with Crippen molar-refractivity contribution in [1.29, 1.82) is 0 Å². The molecule has 22 heavy (non-hydrogen) atoms. The summed E-state index contributed by atoms with van der Waals surface area (Å²) < 4.78 is 37.6. The van der Waals surface area contributed by atoms with Gasteiger partial charge in [-0.15, -0.1) is 11.3 Å². The van der Waals surface area contributed by atoms with Crippen LogP contribution in [0.4, 0.5) is 18.0 Å². The molecule has 3 N–H and O–H groups in total. The fraction of sp³-hybridized carbons (Fsp3) is 0.692. The fourth-order valence-electron chi connectivity index (χ4n) is 1.68. The first-order chi connectivity index (χ1) is 10.3. The molecule has 0 aliphatic carbocycles. The number of amides is 2. The molecular weight excluding hydrogens is 319 g/mol. The minimum Gasteiger partial charge on any atom is -0.393 e. The van der Waals surface area contributed by atoms with Gasteiger partial charge in [-0.1, -0.05) is 13.8 Å². The molecule has 2 atom stereocenters. The fourth-order valence-corrected chi connectivity index (χ4v) is 2.64. The number of hydrogen-bond donors (Lipinski definition) is 3. The van der Waals surface area contributed by atoms with E-state index in [1.165, 1.54) is 0 Å². The molecule has 126 valence electrons. The number of nitrogens with one attached hydrogen (secondary N) is 2. The quantitative estimate of drug-likeness (QED) is 0.715. The van der Waals surface area contributed by atoms with Gasteiger partial charge in [0.05, 0.1) is 12.1 Å². The Morgan fingerprint density at radius 2 is 2.09 bits per heavy atom. The number of aromatic nitrogens is 1. The first kappa shape index (κ1) is 18.7. The van der Waals surface area contributed by atoms with Crippen LogP contribution in [0.1, 0.15) is 49.9 Å². The van der Waals surface area contributed by atoms with E-state index in [0.29, 0.717) is 25.8 Å². The lowest BCUT2D eigenvalue weighted by Gasteiger charge is -2.16. The van der Waals surface area contributed by atoms with E-state index in [2.05, 4.69) is 15.6 Å². The number of nitrogens with zero attached hydrogens (tertiary/aromatic N) is 1. The van der Waals surface area contributed by atoms with Gasteiger partial charge in [0.1, 0.15) is 5.01 Å². The summed E-state index contributed by atoms with van der Waals surface area (Å²) in [5, 5.41) is 15.7. The molecule has 1 aromatic rings. The van der Waals surface area contributed by atoms with Crippen LogP contribution in [-0.2, 0) is 6.18 Å². The summed E-state index contributed by atoms with van der Waals surface area (Å²) in [6.45, 7) is 3.88. The van der Waals surface area contributed by atoms with Gasteiger partial charge in [-0.25, -0.2) is 9.78 Å². The van der Waals surface area contributed by atoms with Crippen molar-refractivity contribution in [2.75, 3.05) is 6.54 Å². The Morgan fingerprint density at radius 3 is 2.59 bits per heavy atom. The highest BCUT2D eigenvalue weighted by Gasteiger charge is 2.34. The van der Waals surface area contributed by atoms with Gasteiger partial charge in [-0.2, -0.15) is 13.2 Å². The highest BCUT2D eigenvalue weighted by atomic mass is 32.1. The van der Waals surface area contributed by atoms with Crippen molar-refractivity contribution in [2.45, 2.75) is 51.4 Å². The number of carbonyl (C=O) groups is 1. The predicted octanol–water partition coefficient (Wildman–Crippen LogP) is 3.07. The molecular formula is C13H20F3N3O2S. The van der Waals surface area contributed by atoms with Crippen molar-refractivity contribution in [1.82, 2.24) is 15.6 Å². The molecule has 1 heterocycles. The van der Waals surface area contributed by atoms with Crippen molar-refractivity contribution in [3.63, 3.8) is 0 Å². The largest absolute Gasteiger partial charge is 0.434 e. The van der Waals surface area contributed by atoms with Crippen LogP contribution in [0.15, 0.2) is 5.38 Å². The number of aliphatic hydroxyl groups excluding tert-OH is 1. The minimum atomic E-state index is -4.48. The van der Waals surface area contributed by atoms with Crippen molar-refractivity contribution >= 4 is 17.4 Å². The number of halogens is 3. The molecule has 0 aliphatic heterocycles. The second-order valence-corrected chi connectivity index (χ2v) is 5.67. The highest BCUT2D eigenvalue weighted by Crippen LogP contribution is 2.32. The summed E-state index contributed by atoms with van der Waals surface area (Å²) in [6, 6.07) is -1.06. The van der Waals surface area contributed by atoms with E-state index in [1.54, 1.807) is 6.92 Å². The van der Waals surface area contributed by atoms with Crippen LogP contribution >= 0.6 is 11.3 Å². The molecule has 1 rings (SSSR count). The van der Waals surface area contributed by atoms with Gasteiger partial charge < -0.3 is 15.7 Å². The van der Waals surface area contributed by atoms with Crippen molar-refractivity contribution in [3.8, 4) is 0 Å². The normalized spacial score (nSPS) is 14.5. The third kappa shape index (κ3) is 5.80. The molecule has 0 bridgehead atoms. The van der Waals surface area contributed by atoms with Gasteiger partial charge in [0.2, 0.25) is 0 Å². The van der Waals surface area contributed by atoms with Crippen molar-refractivity contribution < 1.29 is 23.1 Å². The average Bonchev–Trinajstić information content (AvgIpc) is 2.94. The molecule has 0 spiro atoms. The topological polar surface area (TPSA) is 74.2 Å². The second-order valence-electron chi connectivity index (χ2n) is 4.78. The van der Waals surface area contributed by atoms with Crippen LogP contribution in [-0.4, -0.2) is 28.8 Å². The van der Waals surface area contributed by atoms with Crippen LogP contribution in [0.25, 0.3) is 0 Å². The Kier molecular flexibility index (Phi) is 7.08. The first-order valence-corrected chi connectivity index (χ1v) is 7.90. The summed E-state index contributed by atoms with van der Waals surface area (Å²) in [6.07, 6.45) is -3.51. The molecule has 0 radical (unpaired) electrons. The molecule has 2 unspecified atom stereocenters. The number of urea groups is 1. The van der Waals surface area contributed by atoms with Crippen LogP contribution in [0, 0.1) is 0 Å². The predicted molar refractivity (Wildman–Crippen MR) is 77.6 cm³/mol. The van der Waals surface area contributed by atoms with Crippen molar-refractivity contribution in [3.05, 3.63) is 16.1 Å². The molecule has 0 aliphatic rings. The Balaban J connectivity index is 2.54. The lowest BCUT2D eigenvalue weighted by molar-refractivity contribution is -0.140. The maximum Gasteiger partial charge on any atom is 0.434 e. The Hall–Kier alpha value is -1.35. The SMILES string of the molecule is CCC(O)CCNC(=O)NC(CC)c1nc(C(F)(F)F)cs1. The van der Waals surface area contributed by atoms with Crippen LogP contribution < -0.4 is 10.6 Å². The lowest BCUT2D eigenvalue weighted by atomic mass is 10.2.